The third-order valence-corrected chi connectivity index (χ3v) is 7.43. The Balaban J connectivity index is 1.90. The number of sulfonamides is 1. The van der Waals surface area contributed by atoms with Crippen molar-refractivity contribution in [2.45, 2.75) is 31.2 Å². The van der Waals surface area contributed by atoms with E-state index in [0.29, 0.717) is 21.4 Å². The first kappa shape index (κ1) is 25.5. The SMILES string of the molecule is CC[C@H](C)NC(=O)c1ccccc1NC(=O)CN(c1cccc(Br)c1)S(=O)(=O)c1ccccc1. The van der Waals surface area contributed by atoms with Crippen LogP contribution in [0.1, 0.15) is 30.6 Å². The topological polar surface area (TPSA) is 95.6 Å². The Morgan fingerprint density at radius 3 is 2.32 bits per heavy atom. The predicted octanol–water partition coefficient (Wildman–Crippen LogP) is 4.81. The van der Waals surface area contributed by atoms with E-state index < -0.39 is 22.5 Å². The number of benzene rings is 3. The second-order valence-corrected chi connectivity index (χ2v) is 10.5. The van der Waals surface area contributed by atoms with Gasteiger partial charge in [0.25, 0.3) is 15.9 Å². The van der Waals surface area contributed by atoms with E-state index in [9.17, 15) is 18.0 Å². The number of rotatable bonds is 9. The summed E-state index contributed by atoms with van der Waals surface area (Å²) >= 11 is 3.36. The summed E-state index contributed by atoms with van der Waals surface area (Å²) in [6, 6.07) is 21.2. The van der Waals surface area contributed by atoms with Crippen LogP contribution in [0, 0.1) is 0 Å². The first-order valence-corrected chi connectivity index (χ1v) is 13.0. The van der Waals surface area contributed by atoms with Crippen molar-refractivity contribution in [3.63, 3.8) is 0 Å². The summed E-state index contributed by atoms with van der Waals surface area (Å²) in [4.78, 5) is 25.8. The molecule has 0 saturated heterocycles. The van der Waals surface area contributed by atoms with Gasteiger partial charge in [0.1, 0.15) is 6.54 Å². The largest absolute Gasteiger partial charge is 0.350 e. The summed E-state index contributed by atoms with van der Waals surface area (Å²) in [6.07, 6.45) is 0.763. The molecule has 0 aromatic heterocycles. The van der Waals surface area contributed by atoms with Gasteiger partial charge in [0.2, 0.25) is 5.91 Å². The molecule has 7 nitrogen and oxygen atoms in total. The first-order chi connectivity index (χ1) is 16.2. The number of amides is 2. The van der Waals surface area contributed by atoms with Crippen LogP contribution in [-0.2, 0) is 14.8 Å². The second kappa shape index (κ2) is 11.3. The van der Waals surface area contributed by atoms with E-state index in [-0.39, 0.29) is 16.8 Å². The molecule has 2 amide bonds. The molecule has 0 fully saturated rings. The Kier molecular flexibility index (Phi) is 8.46. The van der Waals surface area contributed by atoms with Gasteiger partial charge in [0, 0.05) is 10.5 Å². The number of hydrogen-bond donors (Lipinski definition) is 2. The van der Waals surface area contributed by atoms with Crippen molar-refractivity contribution in [2.24, 2.45) is 0 Å². The smallest absolute Gasteiger partial charge is 0.264 e. The highest BCUT2D eigenvalue weighted by molar-refractivity contribution is 9.10. The van der Waals surface area contributed by atoms with E-state index in [1.165, 1.54) is 12.1 Å². The molecule has 0 unspecified atom stereocenters. The van der Waals surface area contributed by atoms with Crippen LogP contribution in [0.15, 0.2) is 88.2 Å². The highest BCUT2D eigenvalue weighted by Crippen LogP contribution is 2.26. The average Bonchev–Trinajstić information content (AvgIpc) is 2.83. The van der Waals surface area contributed by atoms with Crippen LogP contribution in [0.2, 0.25) is 0 Å². The number of anilines is 2. The van der Waals surface area contributed by atoms with E-state index in [1.807, 2.05) is 13.8 Å². The zero-order chi connectivity index (χ0) is 24.7. The lowest BCUT2D eigenvalue weighted by Crippen LogP contribution is -2.38. The molecule has 0 aliphatic carbocycles. The highest BCUT2D eigenvalue weighted by atomic mass is 79.9. The zero-order valence-corrected chi connectivity index (χ0v) is 21.3. The first-order valence-electron chi connectivity index (χ1n) is 10.8. The molecule has 3 rings (SSSR count). The summed E-state index contributed by atoms with van der Waals surface area (Å²) in [5, 5.41) is 5.58. The van der Waals surface area contributed by atoms with E-state index in [0.717, 1.165) is 10.7 Å². The maximum Gasteiger partial charge on any atom is 0.264 e. The molecule has 34 heavy (non-hydrogen) atoms. The van der Waals surface area contributed by atoms with Crippen molar-refractivity contribution < 1.29 is 18.0 Å². The fourth-order valence-electron chi connectivity index (χ4n) is 3.18. The minimum Gasteiger partial charge on any atom is -0.350 e. The number of carbonyl (C=O) groups is 2. The molecule has 2 N–H and O–H groups in total. The van der Waals surface area contributed by atoms with Crippen molar-refractivity contribution in [2.75, 3.05) is 16.2 Å². The number of nitrogens with zero attached hydrogens (tertiary/aromatic N) is 1. The number of carbonyl (C=O) groups excluding carboxylic acids is 2. The molecule has 3 aromatic carbocycles. The molecular weight excluding hydrogens is 518 g/mol. The molecule has 0 aliphatic rings. The molecule has 0 bridgehead atoms. The van der Waals surface area contributed by atoms with Gasteiger partial charge in [-0.05, 0) is 55.8 Å². The van der Waals surface area contributed by atoms with Crippen LogP contribution >= 0.6 is 15.9 Å². The molecule has 0 radical (unpaired) electrons. The van der Waals surface area contributed by atoms with E-state index in [4.69, 9.17) is 0 Å². The van der Waals surface area contributed by atoms with Gasteiger partial charge < -0.3 is 10.6 Å². The summed E-state index contributed by atoms with van der Waals surface area (Å²) in [7, 11) is -4.03. The molecule has 1 atom stereocenters. The molecule has 178 valence electrons. The van der Waals surface area contributed by atoms with E-state index in [2.05, 4.69) is 26.6 Å². The third-order valence-electron chi connectivity index (χ3n) is 5.15. The fraction of sp³-hybridized carbons (Fsp3) is 0.200. The molecular formula is C25H26BrN3O4S. The Morgan fingerprint density at radius 1 is 0.971 bits per heavy atom. The monoisotopic (exact) mass is 543 g/mol. The summed E-state index contributed by atoms with van der Waals surface area (Å²) in [6.45, 7) is 3.38. The summed E-state index contributed by atoms with van der Waals surface area (Å²) in [5.41, 5.74) is 0.937. The Morgan fingerprint density at radius 2 is 1.65 bits per heavy atom. The van der Waals surface area contributed by atoms with Crippen LogP contribution in [0.5, 0.6) is 0 Å². The number of nitrogens with one attached hydrogen (secondary N) is 2. The lowest BCUT2D eigenvalue weighted by molar-refractivity contribution is -0.114. The van der Waals surface area contributed by atoms with Gasteiger partial charge in [0.15, 0.2) is 0 Å². The van der Waals surface area contributed by atoms with E-state index in [1.54, 1.807) is 66.7 Å². The molecule has 9 heteroatoms. The Bertz CT molecular complexity index is 1270. The molecule has 3 aromatic rings. The lowest BCUT2D eigenvalue weighted by atomic mass is 10.1. The van der Waals surface area contributed by atoms with Crippen LogP contribution < -0.4 is 14.9 Å². The minimum atomic E-state index is -4.03. The maximum absolute atomic E-state index is 13.4. The fourth-order valence-corrected chi connectivity index (χ4v) is 5.00. The van der Waals surface area contributed by atoms with Crippen LogP contribution in [-0.4, -0.2) is 32.8 Å². The van der Waals surface area contributed by atoms with Gasteiger partial charge in [-0.1, -0.05) is 59.3 Å². The van der Waals surface area contributed by atoms with Gasteiger partial charge in [0.05, 0.1) is 21.8 Å². The average molecular weight is 544 g/mol. The molecule has 0 saturated carbocycles. The summed E-state index contributed by atoms with van der Waals surface area (Å²) in [5.74, 6) is -0.894. The quantitative estimate of drug-likeness (QED) is 0.404. The van der Waals surface area contributed by atoms with Crippen LogP contribution in [0.25, 0.3) is 0 Å². The maximum atomic E-state index is 13.4. The van der Waals surface area contributed by atoms with Crippen molar-refractivity contribution >= 4 is 49.1 Å². The molecule has 0 heterocycles. The summed E-state index contributed by atoms with van der Waals surface area (Å²) < 4.78 is 28.6. The van der Waals surface area contributed by atoms with Crippen molar-refractivity contribution in [1.29, 1.82) is 0 Å². The number of hydrogen-bond acceptors (Lipinski definition) is 4. The van der Waals surface area contributed by atoms with Gasteiger partial charge in [-0.3, -0.25) is 13.9 Å². The standard InChI is InChI=1S/C25H26BrN3O4S/c1-3-18(2)27-25(31)22-14-7-8-15-23(22)28-24(30)17-29(20-11-9-10-19(26)16-20)34(32,33)21-12-5-4-6-13-21/h4-16,18H,3,17H2,1-2H3,(H,27,31)(H,28,30)/t18-/m0/s1. The van der Waals surface area contributed by atoms with Gasteiger partial charge in [-0.25, -0.2) is 8.42 Å². The van der Waals surface area contributed by atoms with Gasteiger partial charge >= 0.3 is 0 Å². The number of halogens is 1. The lowest BCUT2D eigenvalue weighted by Gasteiger charge is -2.24. The van der Waals surface area contributed by atoms with E-state index >= 15 is 0 Å². The van der Waals surface area contributed by atoms with Gasteiger partial charge in [-0.15, -0.1) is 0 Å². The number of para-hydroxylation sites is 1. The zero-order valence-electron chi connectivity index (χ0n) is 18.9. The Hall–Kier alpha value is -3.17. The Labute approximate surface area is 208 Å². The predicted molar refractivity (Wildman–Crippen MR) is 137 cm³/mol. The minimum absolute atomic E-state index is 0.0284. The van der Waals surface area contributed by atoms with Crippen LogP contribution in [0.3, 0.4) is 0 Å². The second-order valence-electron chi connectivity index (χ2n) is 7.68. The van der Waals surface area contributed by atoms with Crippen molar-refractivity contribution in [3.8, 4) is 0 Å². The van der Waals surface area contributed by atoms with Crippen LogP contribution in [0.4, 0.5) is 11.4 Å². The highest BCUT2D eigenvalue weighted by Gasteiger charge is 2.27. The molecule has 0 spiro atoms. The molecule has 0 aliphatic heterocycles. The van der Waals surface area contributed by atoms with Gasteiger partial charge in [-0.2, -0.15) is 0 Å². The van der Waals surface area contributed by atoms with Crippen molar-refractivity contribution in [3.05, 3.63) is 88.9 Å². The third kappa shape index (κ3) is 6.24. The van der Waals surface area contributed by atoms with Crippen molar-refractivity contribution in [1.82, 2.24) is 5.32 Å². The normalized spacial score (nSPS) is 12.0.